The molecule has 0 heterocycles. The maximum absolute atomic E-state index is 12.4. The molecule has 0 aromatic heterocycles. The van der Waals surface area contributed by atoms with Crippen LogP contribution in [0, 0.1) is 0 Å². The van der Waals surface area contributed by atoms with Crippen LogP contribution in [-0.2, 0) is 11.3 Å². The molecule has 0 saturated carbocycles. The first-order chi connectivity index (χ1) is 14.4. The molecule has 0 saturated heterocycles. The number of halogens is 2. The molecule has 1 unspecified atom stereocenters. The van der Waals surface area contributed by atoms with Gasteiger partial charge in [0, 0.05) is 22.8 Å². The van der Waals surface area contributed by atoms with Crippen molar-refractivity contribution in [1.82, 2.24) is 5.32 Å². The minimum atomic E-state index is -0.780. The molecule has 2 amide bonds. The number of anilines is 1. The number of hydrogen-bond acceptors (Lipinski definition) is 3. The van der Waals surface area contributed by atoms with Crippen LogP contribution in [0.3, 0.4) is 0 Å². The zero-order valence-electron chi connectivity index (χ0n) is 16.2. The van der Waals surface area contributed by atoms with Gasteiger partial charge in [-0.3, -0.25) is 9.59 Å². The van der Waals surface area contributed by atoms with E-state index in [9.17, 15) is 9.59 Å². The van der Waals surface area contributed by atoms with Crippen LogP contribution >= 0.6 is 23.2 Å². The molecular weight excluding hydrogens is 423 g/mol. The molecule has 0 spiro atoms. The number of benzene rings is 3. The molecular formula is C23H20Cl2N2O3. The lowest BCUT2D eigenvalue weighted by Crippen LogP contribution is -2.30. The summed E-state index contributed by atoms with van der Waals surface area (Å²) in [6.45, 7) is 2.06. The van der Waals surface area contributed by atoms with Crippen molar-refractivity contribution >= 4 is 40.7 Å². The van der Waals surface area contributed by atoms with Crippen molar-refractivity contribution in [3.63, 3.8) is 0 Å². The molecule has 0 aliphatic rings. The van der Waals surface area contributed by atoms with Crippen molar-refractivity contribution in [3.05, 3.63) is 94.0 Å². The van der Waals surface area contributed by atoms with Gasteiger partial charge < -0.3 is 15.4 Å². The van der Waals surface area contributed by atoms with E-state index in [0.29, 0.717) is 33.6 Å². The summed E-state index contributed by atoms with van der Waals surface area (Å²) < 4.78 is 5.60. The minimum Gasteiger partial charge on any atom is -0.479 e. The lowest BCUT2D eigenvalue weighted by molar-refractivity contribution is -0.122. The summed E-state index contributed by atoms with van der Waals surface area (Å²) in [4.78, 5) is 24.7. The van der Waals surface area contributed by atoms with E-state index in [1.54, 1.807) is 49.4 Å². The first kappa shape index (κ1) is 21.7. The van der Waals surface area contributed by atoms with Crippen LogP contribution in [0.5, 0.6) is 5.75 Å². The topological polar surface area (TPSA) is 67.4 Å². The Labute approximate surface area is 185 Å². The fraction of sp³-hybridized carbons (Fsp3) is 0.130. The second-order valence-corrected chi connectivity index (χ2v) is 7.41. The molecule has 5 nitrogen and oxygen atoms in total. The molecule has 3 aromatic rings. The highest BCUT2D eigenvalue weighted by Crippen LogP contribution is 2.28. The van der Waals surface area contributed by atoms with Crippen LogP contribution in [0.25, 0.3) is 0 Å². The van der Waals surface area contributed by atoms with Crippen molar-refractivity contribution < 1.29 is 14.3 Å². The van der Waals surface area contributed by atoms with Gasteiger partial charge in [0.1, 0.15) is 5.75 Å². The zero-order valence-corrected chi connectivity index (χ0v) is 17.7. The molecule has 3 aromatic carbocycles. The fourth-order valence-electron chi connectivity index (χ4n) is 2.64. The fourth-order valence-corrected chi connectivity index (χ4v) is 3.10. The number of rotatable bonds is 7. The predicted molar refractivity (Wildman–Crippen MR) is 119 cm³/mol. The average molecular weight is 443 g/mol. The SMILES string of the molecule is CC(Oc1ccc(Cl)cc1Cl)C(=O)Nc1ccc(C(=O)NCc2ccccc2)cc1. The summed E-state index contributed by atoms with van der Waals surface area (Å²) in [6, 6.07) is 21.1. The Morgan fingerprint density at radius 1 is 0.967 bits per heavy atom. The third kappa shape index (κ3) is 5.99. The monoisotopic (exact) mass is 442 g/mol. The van der Waals surface area contributed by atoms with Crippen LogP contribution in [0.15, 0.2) is 72.8 Å². The molecule has 0 bridgehead atoms. The molecule has 0 radical (unpaired) electrons. The van der Waals surface area contributed by atoms with E-state index in [1.807, 2.05) is 30.3 Å². The summed E-state index contributed by atoms with van der Waals surface area (Å²) in [5.41, 5.74) is 2.07. The Bertz CT molecular complexity index is 1020. The molecule has 30 heavy (non-hydrogen) atoms. The van der Waals surface area contributed by atoms with Crippen molar-refractivity contribution in [2.75, 3.05) is 5.32 Å². The first-order valence-corrected chi connectivity index (χ1v) is 10.0. The van der Waals surface area contributed by atoms with Crippen LogP contribution in [-0.4, -0.2) is 17.9 Å². The number of carbonyl (C=O) groups is 2. The molecule has 1 atom stereocenters. The van der Waals surface area contributed by atoms with Crippen molar-refractivity contribution in [1.29, 1.82) is 0 Å². The van der Waals surface area contributed by atoms with E-state index in [1.165, 1.54) is 0 Å². The molecule has 2 N–H and O–H groups in total. The first-order valence-electron chi connectivity index (χ1n) is 9.27. The molecule has 0 aliphatic carbocycles. The predicted octanol–water partition coefficient (Wildman–Crippen LogP) is 5.33. The maximum Gasteiger partial charge on any atom is 0.265 e. The Morgan fingerprint density at radius 2 is 1.67 bits per heavy atom. The Hall–Kier alpha value is -3.02. The maximum atomic E-state index is 12.4. The summed E-state index contributed by atoms with van der Waals surface area (Å²) in [7, 11) is 0. The minimum absolute atomic E-state index is 0.189. The van der Waals surface area contributed by atoms with E-state index in [-0.39, 0.29) is 11.8 Å². The third-order valence-electron chi connectivity index (χ3n) is 4.28. The van der Waals surface area contributed by atoms with E-state index in [2.05, 4.69) is 10.6 Å². The second-order valence-electron chi connectivity index (χ2n) is 6.57. The highest BCUT2D eigenvalue weighted by molar-refractivity contribution is 6.35. The lowest BCUT2D eigenvalue weighted by Gasteiger charge is -2.16. The number of nitrogens with one attached hydrogen (secondary N) is 2. The lowest BCUT2D eigenvalue weighted by atomic mass is 10.1. The normalized spacial score (nSPS) is 11.4. The van der Waals surface area contributed by atoms with E-state index < -0.39 is 6.10 Å². The van der Waals surface area contributed by atoms with Crippen molar-refractivity contribution in [2.24, 2.45) is 0 Å². The highest BCUT2D eigenvalue weighted by Gasteiger charge is 2.17. The van der Waals surface area contributed by atoms with E-state index in [4.69, 9.17) is 27.9 Å². The molecule has 154 valence electrons. The average Bonchev–Trinajstić information content (AvgIpc) is 2.75. The number of ether oxygens (including phenoxy) is 1. The van der Waals surface area contributed by atoms with Crippen molar-refractivity contribution in [2.45, 2.75) is 19.6 Å². The zero-order chi connectivity index (χ0) is 21.5. The Balaban J connectivity index is 1.54. The summed E-state index contributed by atoms with van der Waals surface area (Å²) in [5, 5.41) is 6.42. The number of carbonyl (C=O) groups excluding carboxylic acids is 2. The summed E-state index contributed by atoms with van der Waals surface area (Å²) in [5.74, 6) is -0.165. The molecule has 7 heteroatoms. The molecule has 3 rings (SSSR count). The van der Waals surface area contributed by atoms with Crippen LogP contribution in [0.2, 0.25) is 10.0 Å². The van der Waals surface area contributed by atoms with E-state index >= 15 is 0 Å². The van der Waals surface area contributed by atoms with Gasteiger partial charge in [-0.2, -0.15) is 0 Å². The Kier molecular flexibility index (Phi) is 7.33. The standard InChI is InChI=1S/C23H20Cl2N2O3/c1-15(30-21-12-9-18(24)13-20(21)25)22(28)27-19-10-7-17(8-11-19)23(29)26-14-16-5-3-2-4-6-16/h2-13,15H,14H2,1H3,(H,26,29)(H,27,28). The van der Waals surface area contributed by atoms with Gasteiger partial charge in [-0.25, -0.2) is 0 Å². The summed E-state index contributed by atoms with van der Waals surface area (Å²) in [6.07, 6.45) is -0.780. The van der Waals surface area contributed by atoms with Gasteiger partial charge in [0.05, 0.1) is 5.02 Å². The van der Waals surface area contributed by atoms with Gasteiger partial charge in [-0.05, 0) is 55.0 Å². The van der Waals surface area contributed by atoms with Gasteiger partial charge in [-0.1, -0.05) is 53.5 Å². The third-order valence-corrected chi connectivity index (χ3v) is 4.81. The summed E-state index contributed by atoms with van der Waals surface area (Å²) >= 11 is 11.9. The van der Waals surface area contributed by atoms with Gasteiger partial charge in [0.15, 0.2) is 6.10 Å². The molecule has 0 aliphatic heterocycles. The highest BCUT2D eigenvalue weighted by atomic mass is 35.5. The van der Waals surface area contributed by atoms with Crippen LogP contribution in [0.4, 0.5) is 5.69 Å². The van der Waals surface area contributed by atoms with Crippen molar-refractivity contribution in [3.8, 4) is 5.75 Å². The van der Waals surface area contributed by atoms with Gasteiger partial charge in [0.2, 0.25) is 0 Å². The largest absolute Gasteiger partial charge is 0.479 e. The molecule has 0 fully saturated rings. The smallest absolute Gasteiger partial charge is 0.265 e. The second kappa shape index (κ2) is 10.1. The number of amides is 2. The quantitative estimate of drug-likeness (QED) is 0.519. The van der Waals surface area contributed by atoms with Crippen LogP contribution in [0.1, 0.15) is 22.8 Å². The van der Waals surface area contributed by atoms with Gasteiger partial charge >= 0.3 is 0 Å². The van der Waals surface area contributed by atoms with Crippen LogP contribution < -0.4 is 15.4 Å². The van der Waals surface area contributed by atoms with Gasteiger partial charge in [0.25, 0.3) is 11.8 Å². The number of hydrogen-bond donors (Lipinski definition) is 2. The van der Waals surface area contributed by atoms with Gasteiger partial charge in [-0.15, -0.1) is 0 Å². The Morgan fingerprint density at radius 3 is 2.33 bits per heavy atom. The van der Waals surface area contributed by atoms with E-state index in [0.717, 1.165) is 5.56 Å².